The molecule has 4 aromatic rings. The van der Waals surface area contributed by atoms with E-state index in [9.17, 15) is 14.0 Å². The lowest BCUT2D eigenvalue weighted by Crippen LogP contribution is -2.16. The van der Waals surface area contributed by atoms with Crippen molar-refractivity contribution >= 4 is 40.0 Å². The van der Waals surface area contributed by atoms with Crippen molar-refractivity contribution in [2.24, 2.45) is 7.05 Å². The summed E-state index contributed by atoms with van der Waals surface area (Å²) in [6, 6.07) is 12.9. The number of carbonyl (C=O) groups excluding carboxylic acids is 2. The molecule has 0 fully saturated rings. The van der Waals surface area contributed by atoms with Gasteiger partial charge < -0.3 is 24.1 Å². The number of rotatable bonds is 10. The van der Waals surface area contributed by atoms with Gasteiger partial charge in [0.25, 0.3) is 0 Å². The third-order valence-corrected chi connectivity index (χ3v) is 7.19. The Morgan fingerprint density at radius 3 is 2.43 bits per heavy atom. The second kappa shape index (κ2) is 11.9. The largest absolute Gasteiger partial charge is 0.497 e. The van der Waals surface area contributed by atoms with Gasteiger partial charge in [0.1, 0.15) is 34.5 Å². The van der Waals surface area contributed by atoms with Crippen molar-refractivity contribution in [2.75, 3.05) is 25.3 Å². The summed E-state index contributed by atoms with van der Waals surface area (Å²) in [6.07, 6.45) is 0. The molecule has 192 valence electrons. The van der Waals surface area contributed by atoms with Crippen molar-refractivity contribution in [3.8, 4) is 22.6 Å². The number of nitrogens with one attached hydrogen (secondary N) is 1. The highest BCUT2D eigenvalue weighted by molar-refractivity contribution is 7.99. The Hall–Kier alpha value is -3.90. The number of benzene rings is 2. The molecule has 0 saturated carbocycles. The number of halogens is 1. The molecule has 0 unspecified atom stereocenters. The van der Waals surface area contributed by atoms with Crippen LogP contribution in [-0.2, 0) is 23.2 Å². The van der Waals surface area contributed by atoms with Crippen LogP contribution in [0.4, 0.5) is 9.39 Å². The summed E-state index contributed by atoms with van der Waals surface area (Å²) in [5, 5.41) is 13.7. The number of anilines is 1. The van der Waals surface area contributed by atoms with Gasteiger partial charge in [-0.05, 0) is 42.0 Å². The number of carbonyl (C=O) groups is 2. The van der Waals surface area contributed by atoms with Crippen molar-refractivity contribution in [3.05, 3.63) is 71.1 Å². The number of ether oxygens (including phenoxy) is 3. The molecule has 2 heterocycles. The Morgan fingerprint density at radius 2 is 1.76 bits per heavy atom. The average Bonchev–Trinajstić information content (AvgIpc) is 3.49. The summed E-state index contributed by atoms with van der Waals surface area (Å²) in [6.45, 7) is 0.201. The van der Waals surface area contributed by atoms with Crippen LogP contribution in [0.1, 0.15) is 16.2 Å². The minimum Gasteiger partial charge on any atom is -0.497 e. The topological polar surface area (TPSA) is 105 Å². The number of amides is 1. The predicted octanol–water partition coefficient (Wildman–Crippen LogP) is 4.79. The Bertz CT molecular complexity index is 1390. The minimum absolute atomic E-state index is 0.0374. The quantitative estimate of drug-likeness (QED) is 0.225. The number of hydrogen-bond donors (Lipinski definition) is 1. The molecule has 4 rings (SSSR count). The van der Waals surface area contributed by atoms with E-state index in [-0.39, 0.29) is 29.6 Å². The van der Waals surface area contributed by atoms with Gasteiger partial charge in [0.05, 0.1) is 20.0 Å². The summed E-state index contributed by atoms with van der Waals surface area (Å²) in [4.78, 5) is 25.2. The number of methoxy groups -OCH3 is 2. The number of thioether (sulfide) groups is 1. The maximum Gasteiger partial charge on any atom is 0.341 e. The van der Waals surface area contributed by atoms with Crippen molar-refractivity contribution < 1.29 is 28.2 Å². The van der Waals surface area contributed by atoms with E-state index in [0.29, 0.717) is 32.9 Å². The Labute approximate surface area is 220 Å². The first-order valence-corrected chi connectivity index (χ1v) is 12.8. The highest BCUT2D eigenvalue weighted by Gasteiger charge is 2.23. The van der Waals surface area contributed by atoms with Gasteiger partial charge in [-0.25, -0.2) is 9.18 Å². The third kappa shape index (κ3) is 6.27. The Morgan fingerprint density at radius 1 is 1.05 bits per heavy atom. The maximum absolute atomic E-state index is 13.3. The van der Waals surface area contributed by atoms with Crippen LogP contribution >= 0.6 is 23.1 Å². The van der Waals surface area contributed by atoms with Crippen LogP contribution in [0, 0.1) is 5.82 Å². The molecule has 0 saturated heterocycles. The number of thiophene rings is 1. The third-order valence-electron chi connectivity index (χ3n) is 5.27. The standard InChI is InChI=1S/C25H23FN4O5S2/c1-30-20(12-35-18-10-8-17(33-2)9-11-18)28-29-25(30)37-14-21(31)27-23-22(24(32)34-3)19(13-36-23)15-4-6-16(26)7-5-15/h4-11,13H,12,14H2,1-3H3,(H,27,31). The fourth-order valence-corrected chi connectivity index (χ4v) is 5.01. The molecule has 37 heavy (non-hydrogen) atoms. The first-order valence-electron chi connectivity index (χ1n) is 10.9. The van der Waals surface area contributed by atoms with Gasteiger partial charge in [-0.3, -0.25) is 4.79 Å². The smallest absolute Gasteiger partial charge is 0.341 e. The van der Waals surface area contributed by atoms with Gasteiger partial charge in [0.15, 0.2) is 11.0 Å². The molecule has 12 heteroatoms. The Kier molecular flexibility index (Phi) is 8.41. The molecular weight excluding hydrogens is 519 g/mol. The number of esters is 1. The lowest BCUT2D eigenvalue weighted by Gasteiger charge is -2.08. The molecule has 0 atom stereocenters. The van der Waals surface area contributed by atoms with E-state index in [4.69, 9.17) is 14.2 Å². The zero-order chi connectivity index (χ0) is 26.4. The van der Waals surface area contributed by atoms with Gasteiger partial charge in [-0.15, -0.1) is 21.5 Å². The van der Waals surface area contributed by atoms with E-state index in [1.54, 1.807) is 60.5 Å². The molecule has 9 nitrogen and oxygen atoms in total. The van der Waals surface area contributed by atoms with E-state index in [1.807, 2.05) is 0 Å². The molecule has 2 aromatic heterocycles. The molecule has 0 aliphatic rings. The van der Waals surface area contributed by atoms with Crippen molar-refractivity contribution in [1.82, 2.24) is 14.8 Å². The highest BCUT2D eigenvalue weighted by atomic mass is 32.2. The molecule has 0 aliphatic carbocycles. The van der Waals surface area contributed by atoms with Crippen LogP contribution in [0.2, 0.25) is 0 Å². The van der Waals surface area contributed by atoms with Crippen LogP contribution in [0.3, 0.4) is 0 Å². The summed E-state index contributed by atoms with van der Waals surface area (Å²) in [5.74, 6) is 0.707. The predicted molar refractivity (Wildman–Crippen MR) is 139 cm³/mol. The molecule has 0 radical (unpaired) electrons. The van der Waals surface area contributed by atoms with Gasteiger partial charge in [0, 0.05) is 18.0 Å². The van der Waals surface area contributed by atoms with Gasteiger partial charge in [-0.2, -0.15) is 0 Å². The fraction of sp³-hybridized carbons (Fsp3) is 0.200. The Balaban J connectivity index is 1.38. The summed E-state index contributed by atoms with van der Waals surface area (Å²) < 4.78 is 30.9. The second-order valence-electron chi connectivity index (χ2n) is 7.61. The SMILES string of the molecule is COC(=O)c1c(-c2ccc(F)cc2)csc1NC(=O)CSc1nnc(COc2ccc(OC)cc2)n1C. The van der Waals surface area contributed by atoms with Crippen LogP contribution in [-0.4, -0.2) is 46.6 Å². The first kappa shape index (κ1) is 26.2. The monoisotopic (exact) mass is 542 g/mol. The van der Waals surface area contributed by atoms with Crippen molar-refractivity contribution in [1.29, 1.82) is 0 Å². The zero-order valence-corrected chi connectivity index (χ0v) is 21.8. The summed E-state index contributed by atoms with van der Waals surface area (Å²) >= 11 is 2.39. The molecular formula is C25H23FN4O5S2. The van der Waals surface area contributed by atoms with Crippen LogP contribution < -0.4 is 14.8 Å². The fourth-order valence-electron chi connectivity index (χ4n) is 3.31. The average molecular weight is 543 g/mol. The molecule has 1 amide bonds. The number of hydrogen-bond acceptors (Lipinski definition) is 9. The van der Waals surface area contributed by atoms with E-state index < -0.39 is 5.97 Å². The minimum atomic E-state index is -0.599. The van der Waals surface area contributed by atoms with E-state index in [1.165, 1.54) is 42.3 Å². The van der Waals surface area contributed by atoms with Gasteiger partial charge in [0.2, 0.25) is 5.91 Å². The second-order valence-corrected chi connectivity index (χ2v) is 9.43. The molecule has 1 N–H and O–H groups in total. The number of aromatic nitrogens is 3. The van der Waals surface area contributed by atoms with Crippen LogP contribution in [0.15, 0.2) is 59.1 Å². The molecule has 0 bridgehead atoms. The molecule has 2 aromatic carbocycles. The lowest BCUT2D eigenvalue weighted by molar-refractivity contribution is -0.113. The lowest BCUT2D eigenvalue weighted by atomic mass is 10.0. The van der Waals surface area contributed by atoms with E-state index in [0.717, 1.165) is 5.75 Å². The number of nitrogens with zero attached hydrogens (tertiary/aromatic N) is 3. The zero-order valence-electron chi connectivity index (χ0n) is 20.2. The summed E-state index contributed by atoms with van der Waals surface area (Å²) in [7, 11) is 4.65. The van der Waals surface area contributed by atoms with Crippen LogP contribution in [0.25, 0.3) is 11.1 Å². The van der Waals surface area contributed by atoms with Gasteiger partial charge >= 0.3 is 5.97 Å². The molecule has 0 aliphatic heterocycles. The van der Waals surface area contributed by atoms with Crippen molar-refractivity contribution in [3.63, 3.8) is 0 Å². The van der Waals surface area contributed by atoms with E-state index >= 15 is 0 Å². The first-order chi connectivity index (χ1) is 17.9. The normalized spacial score (nSPS) is 10.7. The maximum atomic E-state index is 13.3. The van der Waals surface area contributed by atoms with E-state index in [2.05, 4.69) is 15.5 Å². The van der Waals surface area contributed by atoms with Crippen molar-refractivity contribution in [2.45, 2.75) is 11.8 Å². The van der Waals surface area contributed by atoms with Crippen LogP contribution in [0.5, 0.6) is 11.5 Å². The summed E-state index contributed by atoms with van der Waals surface area (Å²) in [5.41, 5.74) is 1.40. The highest BCUT2D eigenvalue weighted by Crippen LogP contribution is 2.36. The van der Waals surface area contributed by atoms with Gasteiger partial charge in [-0.1, -0.05) is 23.9 Å². The molecule has 0 spiro atoms.